The highest BCUT2D eigenvalue weighted by Crippen LogP contribution is 2.42. The largest absolute Gasteiger partial charge is 0.399 e. The van der Waals surface area contributed by atoms with Gasteiger partial charge in [-0.1, -0.05) is 25.4 Å². The van der Waals surface area contributed by atoms with E-state index in [1.165, 1.54) is 0 Å². The number of rotatable bonds is 4. The summed E-state index contributed by atoms with van der Waals surface area (Å²) in [7, 11) is 0. The van der Waals surface area contributed by atoms with E-state index < -0.39 is 0 Å². The maximum absolute atomic E-state index is 12.3. The van der Waals surface area contributed by atoms with Crippen molar-refractivity contribution in [3.05, 3.63) is 28.8 Å². The molecule has 1 amide bonds. The summed E-state index contributed by atoms with van der Waals surface area (Å²) >= 11 is 6.05. The summed E-state index contributed by atoms with van der Waals surface area (Å²) in [4.78, 5) is 12.3. The highest BCUT2D eigenvalue weighted by molar-refractivity contribution is 6.34. The van der Waals surface area contributed by atoms with E-state index in [4.69, 9.17) is 22.1 Å². The number of hydrogen-bond donors (Lipinski definition) is 2. The lowest BCUT2D eigenvalue weighted by Gasteiger charge is -2.51. The summed E-state index contributed by atoms with van der Waals surface area (Å²) in [5.41, 5.74) is 6.57. The number of benzene rings is 1. The molecular formula is C15H21ClN2O2. The molecule has 0 bridgehead atoms. The quantitative estimate of drug-likeness (QED) is 0.840. The molecule has 0 saturated heterocycles. The topological polar surface area (TPSA) is 64.3 Å². The molecule has 0 radical (unpaired) electrons. The number of nitrogens with two attached hydrogens (primary N) is 1. The standard InChI is InChI=1S/C15H21ClN2O2/c1-4-20-13-8-12(15(13,2)3)18-14(19)10-6-5-9(17)7-11(10)16/h5-7,12-13H,4,8,17H2,1-3H3,(H,18,19). The number of anilines is 1. The summed E-state index contributed by atoms with van der Waals surface area (Å²) < 4.78 is 5.66. The van der Waals surface area contributed by atoms with Crippen LogP contribution in [-0.2, 0) is 4.74 Å². The second kappa shape index (κ2) is 5.62. The lowest BCUT2D eigenvalue weighted by Crippen LogP contribution is -2.62. The molecule has 2 atom stereocenters. The monoisotopic (exact) mass is 296 g/mol. The predicted octanol–water partition coefficient (Wildman–Crippen LogP) is 2.86. The lowest BCUT2D eigenvalue weighted by molar-refractivity contribution is -0.111. The number of nitrogens with one attached hydrogen (secondary N) is 1. The first-order chi connectivity index (χ1) is 9.36. The van der Waals surface area contributed by atoms with Crippen molar-refractivity contribution in [1.29, 1.82) is 0 Å². The van der Waals surface area contributed by atoms with Gasteiger partial charge in [0.15, 0.2) is 0 Å². The fraction of sp³-hybridized carbons (Fsp3) is 0.533. The molecule has 0 aliphatic heterocycles. The number of amides is 1. The Morgan fingerprint density at radius 1 is 1.55 bits per heavy atom. The second-order valence-corrected chi connectivity index (χ2v) is 6.17. The Morgan fingerprint density at radius 2 is 2.25 bits per heavy atom. The summed E-state index contributed by atoms with van der Waals surface area (Å²) in [5, 5.41) is 3.40. The summed E-state index contributed by atoms with van der Waals surface area (Å²) in [6.07, 6.45) is 1.03. The first kappa shape index (κ1) is 15.1. The van der Waals surface area contributed by atoms with Crippen LogP contribution in [0.4, 0.5) is 5.69 Å². The third-order valence-corrected chi connectivity index (χ3v) is 4.40. The van der Waals surface area contributed by atoms with Crippen molar-refractivity contribution in [2.45, 2.75) is 39.3 Å². The molecule has 2 rings (SSSR count). The molecular weight excluding hydrogens is 276 g/mol. The van der Waals surface area contributed by atoms with Crippen LogP contribution in [0.1, 0.15) is 37.6 Å². The molecule has 5 heteroatoms. The normalized spacial score (nSPS) is 24.0. The van der Waals surface area contributed by atoms with Crippen molar-refractivity contribution >= 4 is 23.2 Å². The molecule has 20 heavy (non-hydrogen) atoms. The van der Waals surface area contributed by atoms with Crippen molar-refractivity contribution in [2.75, 3.05) is 12.3 Å². The molecule has 3 N–H and O–H groups in total. The predicted molar refractivity (Wildman–Crippen MR) is 80.9 cm³/mol. The summed E-state index contributed by atoms with van der Waals surface area (Å²) in [6.45, 7) is 6.88. The van der Waals surface area contributed by atoms with Gasteiger partial charge in [0, 0.05) is 23.8 Å². The van der Waals surface area contributed by atoms with Crippen molar-refractivity contribution in [2.24, 2.45) is 5.41 Å². The van der Waals surface area contributed by atoms with Crippen molar-refractivity contribution in [1.82, 2.24) is 5.32 Å². The summed E-state index contributed by atoms with van der Waals surface area (Å²) in [6, 6.07) is 5.01. The maximum atomic E-state index is 12.3. The van der Waals surface area contributed by atoms with Crippen LogP contribution in [0.3, 0.4) is 0 Å². The third-order valence-electron chi connectivity index (χ3n) is 4.09. The van der Waals surface area contributed by atoms with Gasteiger partial charge in [-0.2, -0.15) is 0 Å². The van der Waals surface area contributed by atoms with Crippen LogP contribution < -0.4 is 11.1 Å². The molecule has 1 fully saturated rings. The molecule has 1 aliphatic carbocycles. The van der Waals surface area contributed by atoms with E-state index in [2.05, 4.69) is 19.2 Å². The Kier molecular flexibility index (Phi) is 4.25. The molecule has 4 nitrogen and oxygen atoms in total. The molecule has 0 aromatic heterocycles. The minimum atomic E-state index is -0.164. The molecule has 0 spiro atoms. The van der Waals surface area contributed by atoms with Crippen LogP contribution in [0.5, 0.6) is 0 Å². The average molecular weight is 297 g/mol. The molecule has 1 aromatic rings. The van der Waals surface area contributed by atoms with Gasteiger partial charge in [-0.05, 0) is 31.5 Å². The molecule has 110 valence electrons. The zero-order chi connectivity index (χ0) is 14.9. The van der Waals surface area contributed by atoms with E-state index in [1.807, 2.05) is 6.92 Å². The van der Waals surface area contributed by atoms with Crippen LogP contribution in [0.15, 0.2) is 18.2 Å². The van der Waals surface area contributed by atoms with Crippen molar-refractivity contribution < 1.29 is 9.53 Å². The van der Waals surface area contributed by atoms with Crippen LogP contribution in [-0.4, -0.2) is 24.7 Å². The number of carbonyl (C=O) groups excluding carboxylic acids is 1. The molecule has 1 saturated carbocycles. The minimum Gasteiger partial charge on any atom is -0.399 e. The summed E-state index contributed by atoms with van der Waals surface area (Å²) in [5.74, 6) is -0.164. The number of carbonyl (C=O) groups is 1. The Morgan fingerprint density at radius 3 is 2.80 bits per heavy atom. The molecule has 1 aliphatic rings. The van der Waals surface area contributed by atoms with E-state index in [9.17, 15) is 4.79 Å². The number of halogens is 1. The Bertz CT molecular complexity index is 517. The van der Waals surface area contributed by atoms with E-state index in [0.29, 0.717) is 22.9 Å². The zero-order valence-corrected chi connectivity index (χ0v) is 12.8. The molecule has 2 unspecified atom stereocenters. The lowest BCUT2D eigenvalue weighted by atomic mass is 9.64. The van der Waals surface area contributed by atoms with Crippen LogP contribution >= 0.6 is 11.6 Å². The van der Waals surface area contributed by atoms with E-state index in [1.54, 1.807) is 18.2 Å². The zero-order valence-electron chi connectivity index (χ0n) is 12.1. The fourth-order valence-electron chi connectivity index (χ4n) is 2.57. The van der Waals surface area contributed by atoms with Gasteiger partial charge in [0.25, 0.3) is 5.91 Å². The van der Waals surface area contributed by atoms with Crippen LogP contribution in [0.2, 0.25) is 5.02 Å². The minimum absolute atomic E-state index is 0.0635. The van der Waals surface area contributed by atoms with Gasteiger partial charge in [-0.3, -0.25) is 4.79 Å². The van der Waals surface area contributed by atoms with Gasteiger partial charge in [-0.15, -0.1) is 0 Å². The third kappa shape index (κ3) is 2.76. The highest BCUT2D eigenvalue weighted by Gasteiger charge is 2.49. The van der Waals surface area contributed by atoms with Gasteiger partial charge >= 0.3 is 0 Å². The smallest absolute Gasteiger partial charge is 0.253 e. The maximum Gasteiger partial charge on any atom is 0.253 e. The SMILES string of the molecule is CCOC1CC(NC(=O)c2ccc(N)cc2Cl)C1(C)C. The fourth-order valence-corrected chi connectivity index (χ4v) is 2.84. The van der Waals surface area contributed by atoms with Crippen LogP contribution in [0, 0.1) is 5.41 Å². The van der Waals surface area contributed by atoms with E-state index >= 15 is 0 Å². The van der Waals surface area contributed by atoms with Crippen molar-refractivity contribution in [3.8, 4) is 0 Å². The molecule has 0 heterocycles. The number of ether oxygens (including phenoxy) is 1. The van der Waals surface area contributed by atoms with Crippen molar-refractivity contribution in [3.63, 3.8) is 0 Å². The van der Waals surface area contributed by atoms with Gasteiger partial charge in [0.05, 0.1) is 16.7 Å². The second-order valence-electron chi connectivity index (χ2n) is 5.77. The van der Waals surface area contributed by atoms with Gasteiger partial charge in [-0.25, -0.2) is 0 Å². The van der Waals surface area contributed by atoms with E-state index in [0.717, 1.165) is 6.42 Å². The number of hydrogen-bond acceptors (Lipinski definition) is 3. The first-order valence-corrected chi connectivity index (χ1v) is 7.21. The Balaban J connectivity index is 2.03. The van der Waals surface area contributed by atoms with Gasteiger partial charge in [0.2, 0.25) is 0 Å². The number of nitrogen functional groups attached to an aromatic ring is 1. The van der Waals surface area contributed by atoms with Gasteiger partial charge in [0.1, 0.15) is 0 Å². The Hall–Kier alpha value is -1.26. The molecule has 1 aromatic carbocycles. The van der Waals surface area contributed by atoms with Gasteiger partial charge < -0.3 is 15.8 Å². The van der Waals surface area contributed by atoms with Crippen LogP contribution in [0.25, 0.3) is 0 Å². The average Bonchev–Trinajstić information content (AvgIpc) is 2.37. The Labute approximate surface area is 124 Å². The van der Waals surface area contributed by atoms with E-state index in [-0.39, 0.29) is 23.5 Å². The first-order valence-electron chi connectivity index (χ1n) is 6.83. The highest BCUT2D eigenvalue weighted by atomic mass is 35.5.